The van der Waals surface area contributed by atoms with Crippen molar-refractivity contribution < 1.29 is 50.1 Å². The highest BCUT2D eigenvalue weighted by atomic mass is 19.4. The van der Waals surface area contributed by atoms with Crippen LogP contribution in [0.4, 0.5) is 47.3 Å². The normalized spacial score (nSPS) is 17.8. The van der Waals surface area contributed by atoms with Gasteiger partial charge >= 0.3 is 24.5 Å². The van der Waals surface area contributed by atoms with Gasteiger partial charge in [-0.05, 0) is 55.2 Å². The molecule has 2 aliphatic rings. The summed E-state index contributed by atoms with van der Waals surface area (Å²) in [5, 5.41) is 3.22. The van der Waals surface area contributed by atoms with Crippen LogP contribution in [0.2, 0.25) is 0 Å². The fourth-order valence-electron chi connectivity index (χ4n) is 6.91. The maximum atomic E-state index is 14.1. The molecule has 4 aromatic rings. The van der Waals surface area contributed by atoms with E-state index < -0.39 is 59.4 Å². The summed E-state index contributed by atoms with van der Waals surface area (Å²) in [5.74, 6) is 0.0547. The number of fused-ring (bicyclic) bond motifs is 1. The summed E-state index contributed by atoms with van der Waals surface area (Å²) in [6.07, 6.45) is -7.87. The van der Waals surface area contributed by atoms with Gasteiger partial charge < -0.3 is 24.0 Å². The van der Waals surface area contributed by atoms with E-state index in [2.05, 4.69) is 20.3 Å². The molecule has 3 atom stereocenters. The molecule has 2 amide bonds. The van der Waals surface area contributed by atoms with E-state index in [-0.39, 0.29) is 43.1 Å². The van der Waals surface area contributed by atoms with Crippen LogP contribution in [-0.4, -0.2) is 78.0 Å². The first-order valence-electron chi connectivity index (χ1n) is 18.3. The predicted molar refractivity (Wildman–Crippen MR) is 196 cm³/mol. The number of pyridine rings is 1. The maximum absolute atomic E-state index is 14.1. The zero-order chi connectivity index (χ0) is 40.9. The second-order valence-corrected chi connectivity index (χ2v) is 13.4. The molecule has 18 heteroatoms. The number of hydrogen-bond donors (Lipinski definition) is 1. The first kappa shape index (κ1) is 41.0. The van der Waals surface area contributed by atoms with Gasteiger partial charge in [0, 0.05) is 38.3 Å². The number of nitrogens with one attached hydrogen (secondary N) is 1. The van der Waals surface area contributed by atoms with Crippen LogP contribution in [0.5, 0.6) is 5.88 Å². The monoisotopic (exact) mass is 801 g/mol. The molecule has 1 N–H and O–H groups in total. The third-order valence-corrected chi connectivity index (χ3v) is 9.82. The van der Waals surface area contributed by atoms with Gasteiger partial charge in [-0.1, -0.05) is 37.3 Å². The first-order chi connectivity index (χ1) is 27.2. The van der Waals surface area contributed by atoms with Crippen molar-refractivity contribution in [2.45, 2.75) is 63.8 Å². The molecular formula is C39H41F6N7O5. The molecule has 0 saturated carbocycles. The van der Waals surface area contributed by atoms with Crippen LogP contribution in [0.1, 0.15) is 72.5 Å². The number of piperazine rings is 1. The van der Waals surface area contributed by atoms with E-state index in [1.165, 1.54) is 30.5 Å². The Morgan fingerprint density at radius 3 is 2.09 bits per heavy atom. The molecular weight excluding hydrogens is 760 g/mol. The third kappa shape index (κ3) is 9.49. The third-order valence-electron chi connectivity index (χ3n) is 9.82. The summed E-state index contributed by atoms with van der Waals surface area (Å²) >= 11 is 0. The number of nitrogens with zero attached hydrogens (tertiary/aromatic N) is 6. The quantitative estimate of drug-likeness (QED) is 0.158. The van der Waals surface area contributed by atoms with Gasteiger partial charge in [0.05, 0.1) is 66.4 Å². The Labute approximate surface area is 324 Å². The molecule has 2 aromatic carbocycles. The van der Waals surface area contributed by atoms with Crippen LogP contribution in [0.25, 0.3) is 0 Å². The van der Waals surface area contributed by atoms with Crippen molar-refractivity contribution in [1.29, 1.82) is 0 Å². The summed E-state index contributed by atoms with van der Waals surface area (Å²) in [6, 6.07) is 11.0. The smallest absolute Gasteiger partial charge is 0.416 e. The van der Waals surface area contributed by atoms with Crippen molar-refractivity contribution >= 4 is 23.6 Å². The van der Waals surface area contributed by atoms with Crippen molar-refractivity contribution in [1.82, 2.24) is 25.2 Å². The number of benzene rings is 2. The second-order valence-electron chi connectivity index (χ2n) is 13.4. The predicted octanol–water partition coefficient (Wildman–Crippen LogP) is 7.94. The number of rotatable bonds is 10. The SMILES string of the molecule is CCOC(=O)N1c2ccc(OC)nc2[C@@H](NC(c2cc(C(F)(F)F)cc(C(F)(F)F)c2)c2ncc(N3CCN(C(=O)OCc4ccccc4)CC3)cn2)C[C@H]1CC. The molecule has 0 spiro atoms. The minimum atomic E-state index is -5.11. The number of aromatic nitrogens is 3. The lowest BCUT2D eigenvalue weighted by Gasteiger charge is -2.40. The minimum absolute atomic E-state index is 0.0638. The van der Waals surface area contributed by atoms with E-state index >= 15 is 0 Å². The minimum Gasteiger partial charge on any atom is -0.481 e. The lowest BCUT2D eigenvalue weighted by atomic mass is 9.91. The van der Waals surface area contributed by atoms with Crippen LogP contribution in [-0.2, 0) is 28.4 Å². The zero-order valence-corrected chi connectivity index (χ0v) is 31.3. The van der Waals surface area contributed by atoms with Crippen molar-refractivity contribution in [3.05, 3.63) is 107 Å². The van der Waals surface area contributed by atoms with Crippen molar-refractivity contribution in [2.24, 2.45) is 0 Å². The van der Waals surface area contributed by atoms with E-state index in [1.807, 2.05) is 42.2 Å². The molecule has 57 heavy (non-hydrogen) atoms. The molecule has 0 bridgehead atoms. The molecule has 1 unspecified atom stereocenters. The van der Waals surface area contributed by atoms with Crippen LogP contribution in [0, 0.1) is 0 Å². The highest BCUT2D eigenvalue weighted by Crippen LogP contribution is 2.42. The van der Waals surface area contributed by atoms with Gasteiger partial charge in [0.2, 0.25) is 5.88 Å². The fraction of sp³-hybridized carbons (Fsp3) is 0.410. The van der Waals surface area contributed by atoms with Gasteiger partial charge in [0.25, 0.3) is 0 Å². The van der Waals surface area contributed by atoms with E-state index in [0.29, 0.717) is 56.1 Å². The van der Waals surface area contributed by atoms with Crippen LogP contribution in [0.15, 0.2) is 73.1 Å². The van der Waals surface area contributed by atoms with Gasteiger partial charge in [-0.2, -0.15) is 26.3 Å². The van der Waals surface area contributed by atoms with E-state index in [1.54, 1.807) is 17.9 Å². The molecule has 304 valence electrons. The summed E-state index contributed by atoms with van der Waals surface area (Å²) in [6.45, 7) is 5.13. The molecule has 2 aromatic heterocycles. The molecule has 4 heterocycles. The standard InChI is InChI=1S/C39H41F6N7O5/c1-4-28-20-30(34-31(11-12-32(49-34)55-3)52(28)37(54)56-5-2)48-33(25-17-26(38(40,41)42)19-27(18-25)39(43,44)45)35-46-21-29(22-47-35)50-13-15-51(16-14-50)36(53)57-23-24-9-7-6-8-10-24/h6-12,17-19,21-22,28,30,33,48H,4-5,13-16,20,23H2,1-3H3/t28-,30+,33?/m1/s1. The van der Waals surface area contributed by atoms with Crippen molar-refractivity contribution in [3.8, 4) is 5.88 Å². The van der Waals surface area contributed by atoms with Crippen LogP contribution < -0.4 is 19.9 Å². The molecule has 1 fully saturated rings. The average molecular weight is 802 g/mol. The number of carbonyl (C=O) groups excluding carboxylic acids is 2. The zero-order valence-electron chi connectivity index (χ0n) is 31.3. The van der Waals surface area contributed by atoms with Gasteiger partial charge in [-0.25, -0.2) is 24.5 Å². The summed E-state index contributed by atoms with van der Waals surface area (Å²) in [5.41, 5.74) is -1.42. The molecule has 0 radical (unpaired) electrons. The number of amides is 2. The van der Waals surface area contributed by atoms with Crippen molar-refractivity contribution in [2.75, 3.05) is 49.7 Å². The van der Waals surface area contributed by atoms with Crippen LogP contribution in [0.3, 0.4) is 0 Å². The lowest BCUT2D eigenvalue weighted by Crippen LogP contribution is -2.49. The number of hydrogen-bond acceptors (Lipinski definition) is 10. The number of halogens is 6. The molecule has 6 rings (SSSR count). The molecule has 1 saturated heterocycles. The van der Waals surface area contributed by atoms with Gasteiger partial charge in [0.1, 0.15) is 12.4 Å². The Morgan fingerprint density at radius 1 is 0.860 bits per heavy atom. The van der Waals surface area contributed by atoms with Gasteiger partial charge in [-0.3, -0.25) is 10.2 Å². The second kappa shape index (κ2) is 17.2. The Kier molecular flexibility index (Phi) is 12.4. The number of carbonyl (C=O) groups is 2. The Hall–Kier alpha value is -5.65. The van der Waals surface area contributed by atoms with Gasteiger partial charge in [0.15, 0.2) is 0 Å². The summed E-state index contributed by atoms with van der Waals surface area (Å²) in [4.78, 5) is 44.3. The number of alkyl halides is 6. The Morgan fingerprint density at radius 2 is 1.51 bits per heavy atom. The number of ether oxygens (including phenoxy) is 3. The topological polar surface area (TPSA) is 122 Å². The average Bonchev–Trinajstić information content (AvgIpc) is 3.21. The first-order valence-corrected chi connectivity index (χ1v) is 18.3. The van der Waals surface area contributed by atoms with Gasteiger partial charge in [-0.15, -0.1) is 0 Å². The lowest BCUT2D eigenvalue weighted by molar-refractivity contribution is -0.143. The maximum Gasteiger partial charge on any atom is 0.416 e. The van der Waals surface area contributed by atoms with Crippen molar-refractivity contribution in [3.63, 3.8) is 0 Å². The molecule has 2 aliphatic heterocycles. The Balaban J connectivity index is 1.32. The summed E-state index contributed by atoms with van der Waals surface area (Å²) < 4.78 is 101. The Bertz CT molecular complexity index is 1980. The van der Waals surface area contributed by atoms with E-state index in [9.17, 15) is 35.9 Å². The molecule has 12 nitrogen and oxygen atoms in total. The number of anilines is 2. The molecule has 0 aliphatic carbocycles. The summed E-state index contributed by atoms with van der Waals surface area (Å²) in [7, 11) is 1.38. The number of methoxy groups -OCH3 is 1. The highest BCUT2D eigenvalue weighted by molar-refractivity contribution is 5.90. The van der Waals surface area contributed by atoms with E-state index in [4.69, 9.17) is 14.2 Å². The van der Waals surface area contributed by atoms with E-state index in [0.717, 1.165) is 5.56 Å². The highest BCUT2D eigenvalue weighted by Gasteiger charge is 2.41. The largest absolute Gasteiger partial charge is 0.481 e. The fourth-order valence-corrected chi connectivity index (χ4v) is 6.91. The van der Waals surface area contributed by atoms with Crippen LogP contribution >= 0.6 is 0 Å².